The van der Waals surface area contributed by atoms with Crippen LogP contribution in [0.3, 0.4) is 0 Å². The van der Waals surface area contributed by atoms with E-state index in [4.69, 9.17) is 10.1 Å². The minimum Gasteiger partial charge on any atom is -0.361 e. The van der Waals surface area contributed by atoms with Gasteiger partial charge in [-0.1, -0.05) is 24.3 Å². The van der Waals surface area contributed by atoms with E-state index in [9.17, 15) is 8.42 Å². The summed E-state index contributed by atoms with van der Waals surface area (Å²) in [6, 6.07) is 6.75. The minimum atomic E-state index is -4.31. The van der Waals surface area contributed by atoms with Gasteiger partial charge in [0, 0.05) is 6.08 Å². The monoisotopic (exact) mass is 236 g/mol. The van der Waals surface area contributed by atoms with E-state index in [1.807, 2.05) is 0 Å². The Hall–Kier alpha value is -1.75. The SMILES string of the molecule is [N-]=[N+]=C1C=C(S(=O)(=O)O)c2ccccc2C1. The van der Waals surface area contributed by atoms with Crippen molar-refractivity contribution in [3.63, 3.8) is 0 Å². The number of rotatable bonds is 1. The zero-order valence-electron chi connectivity index (χ0n) is 8.16. The Labute approximate surface area is 92.4 Å². The summed E-state index contributed by atoms with van der Waals surface area (Å²) in [6.07, 6.45) is 1.50. The molecular formula is C10H8N2O3S. The summed E-state index contributed by atoms with van der Waals surface area (Å²) in [5, 5.41) is 0. The van der Waals surface area contributed by atoms with Crippen LogP contribution in [-0.4, -0.2) is 23.5 Å². The lowest BCUT2D eigenvalue weighted by Gasteiger charge is -2.12. The van der Waals surface area contributed by atoms with E-state index in [1.54, 1.807) is 24.3 Å². The van der Waals surface area contributed by atoms with E-state index in [1.165, 1.54) is 0 Å². The molecule has 0 saturated heterocycles. The zero-order valence-corrected chi connectivity index (χ0v) is 8.98. The molecule has 1 aromatic carbocycles. The van der Waals surface area contributed by atoms with Crippen LogP contribution < -0.4 is 0 Å². The molecule has 1 aliphatic carbocycles. The molecular weight excluding hydrogens is 228 g/mol. The van der Waals surface area contributed by atoms with E-state index in [0.717, 1.165) is 6.08 Å². The average Bonchev–Trinajstić information content (AvgIpc) is 2.26. The van der Waals surface area contributed by atoms with E-state index >= 15 is 0 Å². The van der Waals surface area contributed by atoms with Gasteiger partial charge in [-0.3, -0.25) is 4.55 Å². The second-order valence-corrected chi connectivity index (χ2v) is 4.80. The molecule has 0 atom stereocenters. The van der Waals surface area contributed by atoms with Crippen LogP contribution in [0.4, 0.5) is 0 Å². The second kappa shape index (κ2) is 3.68. The van der Waals surface area contributed by atoms with Gasteiger partial charge in [-0.05, 0) is 11.1 Å². The predicted octanol–water partition coefficient (Wildman–Crippen LogP) is 1.14. The highest BCUT2D eigenvalue weighted by atomic mass is 32.2. The quantitative estimate of drug-likeness (QED) is 0.450. The maximum atomic E-state index is 11.2. The van der Waals surface area contributed by atoms with Crippen LogP contribution in [-0.2, 0) is 16.5 Å². The van der Waals surface area contributed by atoms with E-state index < -0.39 is 10.1 Å². The van der Waals surface area contributed by atoms with Crippen molar-refractivity contribution in [2.24, 2.45) is 0 Å². The Bertz CT molecular complexity index is 625. The Morgan fingerprint density at radius 1 is 1.31 bits per heavy atom. The summed E-state index contributed by atoms with van der Waals surface area (Å²) >= 11 is 0. The van der Waals surface area contributed by atoms with E-state index in [0.29, 0.717) is 17.5 Å². The lowest BCUT2D eigenvalue weighted by Crippen LogP contribution is -2.14. The maximum absolute atomic E-state index is 11.2. The molecule has 1 N–H and O–H groups in total. The lowest BCUT2D eigenvalue weighted by molar-refractivity contribution is -0.00556. The number of allylic oxidation sites excluding steroid dienone is 1. The molecule has 0 spiro atoms. The average molecular weight is 236 g/mol. The molecule has 1 aliphatic rings. The second-order valence-electron chi connectivity index (χ2n) is 3.41. The molecule has 5 nitrogen and oxygen atoms in total. The van der Waals surface area contributed by atoms with Crippen LogP contribution in [0.25, 0.3) is 10.4 Å². The Kier molecular flexibility index (Phi) is 2.47. The highest BCUT2D eigenvalue weighted by Gasteiger charge is 2.27. The molecule has 1 aromatic rings. The Morgan fingerprint density at radius 2 is 2.00 bits per heavy atom. The summed E-state index contributed by atoms with van der Waals surface area (Å²) in [5.41, 5.74) is 10.0. The van der Waals surface area contributed by atoms with Crippen LogP contribution >= 0.6 is 0 Å². The Balaban J connectivity index is 2.74. The third kappa shape index (κ3) is 1.81. The third-order valence-electron chi connectivity index (χ3n) is 2.36. The van der Waals surface area contributed by atoms with Gasteiger partial charge in [0.2, 0.25) is 0 Å². The highest BCUT2D eigenvalue weighted by molar-refractivity contribution is 7.95. The molecule has 82 valence electrons. The highest BCUT2D eigenvalue weighted by Crippen LogP contribution is 2.28. The standard InChI is InChI=1S/C10H8N2O3S/c11-12-8-5-7-3-1-2-4-9(7)10(6-8)16(13,14)15/h1-4,6H,5H2,(H,13,14,15). The number of benzene rings is 1. The fourth-order valence-corrected chi connectivity index (χ4v) is 2.43. The van der Waals surface area contributed by atoms with Crippen LogP contribution in [0.5, 0.6) is 0 Å². The van der Waals surface area contributed by atoms with Gasteiger partial charge in [-0.15, -0.1) is 0 Å². The van der Waals surface area contributed by atoms with Gasteiger partial charge in [0.05, 0.1) is 6.42 Å². The number of nitrogens with zero attached hydrogens (tertiary/aromatic N) is 2. The van der Waals surface area contributed by atoms with Gasteiger partial charge < -0.3 is 5.53 Å². The number of fused-ring (bicyclic) bond motifs is 1. The van der Waals surface area contributed by atoms with Crippen molar-refractivity contribution >= 4 is 20.7 Å². The lowest BCUT2D eigenvalue weighted by atomic mass is 9.96. The summed E-state index contributed by atoms with van der Waals surface area (Å²) in [6.45, 7) is 0. The number of hydrogen-bond acceptors (Lipinski definition) is 2. The van der Waals surface area contributed by atoms with E-state index in [-0.39, 0.29) is 10.6 Å². The topological polar surface area (TPSA) is 90.8 Å². The molecule has 6 heteroatoms. The van der Waals surface area contributed by atoms with Crippen molar-refractivity contribution < 1.29 is 17.8 Å². The van der Waals surface area contributed by atoms with Gasteiger partial charge in [-0.25, -0.2) is 0 Å². The first-order valence-corrected chi connectivity index (χ1v) is 5.95. The van der Waals surface area contributed by atoms with Crippen molar-refractivity contribution in [2.75, 3.05) is 0 Å². The molecule has 16 heavy (non-hydrogen) atoms. The Morgan fingerprint density at radius 3 is 2.62 bits per heavy atom. The fraction of sp³-hybridized carbons (Fsp3) is 0.100. The zero-order chi connectivity index (χ0) is 11.8. The predicted molar refractivity (Wildman–Crippen MR) is 58.3 cm³/mol. The van der Waals surface area contributed by atoms with Crippen LogP contribution in [0.15, 0.2) is 30.3 Å². The first kappa shape index (κ1) is 10.8. The molecule has 0 radical (unpaired) electrons. The van der Waals surface area contributed by atoms with Crippen molar-refractivity contribution in [1.29, 1.82) is 0 Å². The first-order chi connectivity index (χ1) is 7.52. The molecule has 0 aliphatic heterocycles. The van der Waals surface area contributed by atoms with Gasteiger partial charge >= 0.3 is 0 Å². The summed E-state index contributed by atoms with van der Waals surface area (Å²) in [7, 11) is -4.31. The normalized spacial score (nSPS) is 15.1. The van der Waals surface area contributed by atoms with Crippen molar-refractivity contribution in [2.45, 2.75) is 6.42 Å². The van der Waals surface area contributed by atoms with Crippen molar-refractivity contribution in [3.05, 3.63) is 47.0 Å². The molecule has 0 heterocycles. The molecule has 2 rings (SSSR count). The van der Waals surface area contributed by atoms with Gasteiger partial charge in [0.25, 0.3) is 15.8 Å². The van der Waals surface area contributed by atoms with Gasteiger partial charge in [0.1, 0.15) is 4.91 Å². The van der Waals surface area contributed by atoms with Crippen LogP contribution in [0.1, 0.15) is 11.1 Å². The van der Waals surface area contributed by atoms with Gasteiger partial charge in [0.15, 0.2) is 0 Å². The van der Waals surface area contributed by atoms with Crippen molar-refractivity contribution in [1.82, 2.24) is 0 Å². The molecule has 0 saturated carbocycles. The van der Waals surface area contributed by atoms with E-state index in [2.05, 4.69) is 4.79 Å². The first-order valence-electron chi connectivity index (χ1n) is 4.51. The summed E-state index contributed by atoms with van der Waals surface area (Å²) < 4.78 is 31.4. The molecule has 0 amide bonds. The number of hydrogen-bond donors (Lipinski definition) is 1. The molecule has 0 bridgehead atoms. The van der Waals surface area contributed by atoms with Crippen LogP contribution in [0.2, 0.25) is 0 Å². The fourth-order valence-electron chi connectivity index (χ4n) is 1.67. The summed E-state index contributed by atoms with van der Waals surface area (Å²) in [4.78, 5) is 2.74. The molecule has 0 aromatic heterocycles. The van der Waals surface area contributed by atoms with Crippen molar-refractivity contribution in [3.8, 4) is 0 Å². The third-order valence-corrected chi connectivity index (χ3v) is 3.25. The molecule has 0 unspecified atom stereocenters. The smallest absolute Gasteiger partial charge is 0.297 e. The van der Waals surface area contributed by atoms with Crippen LogP contribution in [0, 0.1) is 0 Å². The minimum absolute atomic E-state index is 0.200. The molecule has 0 fully saturated rings. The maximum Gasteiger partial charge on any atom is 0.297 e. The summed E-state index contributed by atoms with van der Waals surface area (Å²) in [5.74, 6) is 0. The largest absolute Gasteiger partial charge is 0.361 e. The van der Waals surface area contributed by atoms with Gasteiger partial charge in [-0.2, -0.15) is 13.2 Å².